The van der Waals surface area contributed by atoms with Crippen LogP contribution in [0.15, 0.2) is 0 Å². The fraction of sp³-hybridized carbons (Fsp3) is 1.00. The highest BCUT2D eigenvalue weighted by atomic mass is 16.6. The summed E-state index contributed by atoms with van der Waals surface area (Å²) < 4.78 is 4.92. The van der Waals surface area contributed by atoms with E-state index in [1.807, 2.05) is 0 Å². The predicted molar refractivity (Wildman–Crippen MR) is 43.4 cm³/mol. The van der Waals surface area contributed by atoms with Crippen LogP contribution >= 0.6 is 0 Å². The largest absolute Gasteiger partial charge is 0.391 e. The molecule has 4 atom stereocenters. The second-order valence-electron chi connectivity index (χ2n) is 3.03. The van der Waals surface area contributed by atoms with Gasteiger partial charge in [-0.15, -0.1) is 0 Å². The SMILES string of the molecule is CC(O)C(C)O.CC1OC1C. The van der Waals surface area contributed by atoms with E-state index in [-0.39, 0.29) is 0 Å². The first-order chi connectivity index (χ1) is 4.95. The summed E-state index contributed by atoms with van der Waals surface area (Å²) >= 11 is 0. The van der Waals surface area contributed by atoms with Gasteiger partial charge in [-0.25, -0.2) is 0 Å². The maximum absolute atomic E-state index is 8.38. The van der Waals surface area contributed by atoms with E-state index in [9.17, 15) is 0 Å². The first-order valence-corrected chi connectivity index (χ1v) is 3.96. The Labute approximate surface area is 68.0 Å². The van der Waals surface area contributed by atoms with Crippen LogP contribution in [0, 0.1) is 0 Å². The van der Waals surface area contributed by atoms with Gasteiger partial charge in [0.2, 0.25) is 0 Å². The first kappa shape index (κ1) is 10.9. The third-order valence-electron chi connectivity index (χ3n) is 1.71. The van der Waals surface area contributed by atoms with E-state index in [1.165, 1.54) is 0 Å². The van der Waals surface area contributed by atoms with Crippen molar-refractivity contribution in [1.82, 2.24) is 0 Å². The monoisotopic (exact) mass is 162 g/mol. The van der Waals surface area contributed by atoms with Crippen molar-refractivity contribution in [1.29, 1.82) is 0 Å². The van der Waals surface area contributed by atoms with Crippen LogP contribution in [0.4, 0.5) is 0 Å². The maximum Gasteiger partial charge on any atom is 0.0811 e. The zero-order valence-electron chi connectivity index (χ0n) is 7.61. The summed E-state index contributed by atoms with van der Waals surface area (Å²) in [5.41, 5.74) is 0. The van der Waals surface area contributed by atoms with Gasteiger partial charge in [0.1, 0.15) is 0 Å². The Morgan fingerprint density at radius 1 is 1.00 bits per heavy atom. The lowest BCUT2D eigenvalue weighted by Gasteiger charge is -2.03. The highest BCUT2D eigenvalue weighted by Gasteiger charge is 2.27. The lowest BCUT2D eigenvalue weighted by molar-refractivity contribution is 0.0438. The summed E-state index contributed by atoms with van der Waals surface area (Å²) in [6.07, 6.45) is -0.0833. The molecule has 0 bridgehead atoms. The van der Waals surface area contributed by atoms with E-state index in [1.54, 1.807) is 13.8 Å². The smallest absolute Gasteiger partial charge is 0.0811 e. The number of ether oxygens (including phenoxy) is 1. The van der Waals surface area contributed by atoms with E-state index in [0.29, 0.717) is 12.2 Å². The van der Waals surface area contributed by atoms with Crippen molar-refractivity contribution in [2.75, 3.05) is 0 Å². The molecule has 0 saturated carbocycles. The molecule has 1 saturated heterocycles. The fourth-order valence-electron chi connectivity index (χ4n) is 0.293. The second-order valence-corrected chi connectivity index (χ2v) is 3.03. The molecule has 0 aromatic heterocycles. The Hall–Kier alpha value is -0.120. The molecule has 3 heteroatoms. The van der Waals surface area contributed by atoms with Crippen LogP contribution in [0.5, 0.6) is 0 Å². The van der Waals surface area contributed by atoms with Crippen molar-refractivity contribution in [3.8, 4) is 0 Å². The Morgan fingerprint density at radius 2 is 1.18 bits per heavy atom. The predicted octanol–water partition coefficient (Wildman–Crippen LogP) is 0.542. The van der Waals surface area contributed by atoms with Gasteiger partial charge >= 0.3 is 0 Å². The molecule has 0 spiro atoms. The summed E-state index contributed by atoms with van der Waals surface area (Å²) in [5, 5.41) is 16.8. The van der Waals surface area contributed by atoms with Gasteiger partial charge in [0, 0.05) is 0 Å². The topological polar surface area (TPSA) is 53.0 Å². The van der Waals surface area contributed by atoms with Gasteiger partial charge in [-0.2, -0.15) is 0 Å². The first-order valence-electron chi connectivity index (χ1n) is 3.96. The molecule has 0 radical (unpaired) electrons. The van der Waals surface area contributed by atoms with Crippen LogP contribution in [0.25, 0.3) is 0 Å². The number of aliphatic hydroxyl groups excluding tert-OH is 2. The summed E-state index contributed by atoms with van der Waals surface area (Å²) in [6.45, 7) is 7.24. The van der Waals surface area contributed by atoms with Crippen molar-refractivity contribution in [3.63, 3.8) is 0 Å². The molecule has 0 aromatic rings. The molecule has 4 unspecified atom stereocenters. The van der Waals surface area contributed by atoms with Gasteiger partial charge in [-0.05, 0) is 27.7 Å². The molecule has 1 aliphatic rings. The van der Waals surface area contributed by atoms with Crippen LogP contribution in [-0.2, 0) is 4.74 Å². The van der Waals surface area contributed by atoms with Gasteiger partial charge in [-0.3, -0.25) is 0 Å². The van der Waals surface area contributed by atoms with Gasteiger partial charge in [0.25, 0.3) is 0 Å². The van der Waals surface area contributed by atoms with Crippen LogP contribution in [0.1, 0.15) is 27.7 Å². The highest BCUT2D eigenvalue weighted by Crippen LogP contribution is 2.18. The van der Waals surface area contributed by atoms with Crippen molar-refractivity contribution in [2.24, 2.45) is 0 Å². The lowest BCUT2D eigenvalue weighted by atomic mass is 10.3. The molecule has 11 heavy (non-hydrogen) atoms. The minimum Gasteiger partial charge on any atom is -0.391 e. The number of aliphatic hydroxyl groups is 2. The molecule has 3 nitrogen and oxygen atoms in total. The third kappa shape index (κ3) is 6.28. The molecule has 2 N–H and O–H groups in total. The van der Waals surface area contributed by atoms with Gasteiger partial charge in [0.15, 0.2) is 0 Å². The van der Waals surface area contributed by atoms with Crippen molar-refractivity contribution >= 4 is 0 Å². The standard InChI is InChI=1S/C4H10O2.C4H8O/c1-3(5)4(2)6;1-3-4(2)5-3/h3-6H,1-2H3;3-4H,1-2H3. The van der Waals surface area contributed by atoms with E-state index >= 15 is 0 Å². The van der Waals surface area contributed by atoms with Crippen molar-refractivity contribution in [2.45, 2.75) is 52.1 Å². The van der Waals surface area contributed by atoms with Crippen LogP contribution in [0.2, 0.25) is 0 Å². The van der Waals surface area contributed by atoms with Gasteiger partial charge < -0.3 is 14.9 Å². The van der Waals surface area contributed by atoms with E-state index in [2.05, 4.69) is 13.8 Å². The molecule has 1 rings (SSSR count). The summed E-state index contributed by atoms with van der Waals surface area (Å²) in [5.74, 6) is 0. The molecule has 1 aliphatic heterocycles. The molecule has 1 fully saturated rings. The molecular formula is C8H18O3. The summed E-state index contributed by atoms with van der Waals surface area (Å²) in [6, 6.07) is 0. The Kier molecular flexibility index (Phi) is 4.65. The molecule has 68 valence electrons. The number of epoxide rings is 1. The number of hydrogen-bond acceptors (Lipinski definition) is 3. The maximum atomic E-state index is 8.38. The number of rotatable bonds is 1. The molecule has 0 aromatic carbocycles. The third-order valence-corrected chi connectivity index (χ3v) is 1.71. The normalized spacial score (nSPS) is 33.3. The summed E-state index contributed by atoms with van der Waals surface area (Å²) in [7, 11) is 0. The zero-order valence-corrected chi connectivity index (χ0v) is 7.61. The fourth-order valence-corrected chi connectivity index (χ4v) is 0.293. The quantitative estimate of drug-likeness (QED) is 0.553. The van der Waals surface area contributed by atoms with Crippen molar-refractivity contribution in [3.05, 3.63) is 0 Å². The zero-order chi connectivity index (χ0) is 9.02. The van der Waals surface area contributed by atoms with Crippen molar-refractivity contribution < 1.29 is 14.9 Å². The Morgan fingerprint density at radius 3 is 1.18 bits per heavy atom. The average Bonchev–Trinajstić information content (AvgIpc) is 2.46. The molecule has 0 aliphatic carbocycles. The Bertz CT molecular complexity index is 89.5. The van der Waals surface area contributed by atoms with Crippen LogP contribution in [-0.4, -0.2) is 34.6 Å². The Balaban J connectivity index is 0.000000183. The van der Waals surface area contributed by atoms with Crippen LogP contribution in [0.3, 0.4) is 0 Å². The second kappa shape index (κ2) is 4.70. The molecular weight excluding hydrogens is 144 g/mol. The summed E-state index contributed by atoms with van der Waals surface area (Å²) in [4.78, 5) is 0. The van der Waals surface area contributed by atoms with E-state index < -0.39 is 12.2 Å². The molecule has 0 amide bonds. The molecule has 1 heterocycles. The lowest BCUT2D eigenvalue weighted by Crippen LogP contribution is -2.17. The number of hydrogen-bond donors (Lipinski definition) is 2. The minimum absolute atomic E-state index is 0.551. The van der Waals surface area contributed by atoms with E-state index in [0.717, 1.165) is 0 Å². The van der Waals surface area contributed by atoms with Gasteiger partial charge in [0.05, 0.1) is 24.4 Å². The average molecular weight is 162 g/mol. The van der Waals surface area contributed by atoms with Crippen LogP contribution < -0.4 is 0 Å². The minimum atomic E-state index is -0.593. The highest BCUT2D eigenvalue weighted by molar-refractivity contribution is 4.73. The van der Waals surface area contributed by atoms with Gasteiger partial charge in [-0.1, -0.05) is 0 Å². The van der Waals surface area contributed by atoms with E-state index in [4.69, 9.17) is 14.9 Å².